The number of anilines is 1. The maximum Gasteiger partial charge on any atom is 0.264 e. The van der Waals surface area contributed by atoms with E-state index in [0.717, 1.165) is 9.87 Å². The number of hydrazone groups is 1. The molecule has 36 heavy (non-hydrogen) atoms. The molecule has 0 aliphatic heterocycles. The Kier molecular flexibility index (Phi) is 9.10. The fourth-order valence-electron chi connectivity index (χ4n) is 3.15. The van der Waals surface area contributed by atoms with Crippen LogP contribution in [0.4, 0.5) is 5.69 Å². The van der Waals surface area contributed by atoms with Gasteiger partial charge in [-0.3, -0.25) is 9.10 Å². The molecule has 0 saturated heterocycles. The normalized spacial score (nSPS) is 11.2. The second-order valence-electron chi connectivity index (χ2n) is 7.56. The lowest BCUT2D eigenvalue weighted by Crippen LogP contribution is -2.39. The summed E-state index contributed by atoms with van der Waals surface area (Å²) in [5, 5.41) is 4.34. The van der Waals surface area contributed by atoms with Crippen molar-refractivity contribution in [3.05, 3.63) is 95.5 Å². The number of carbonyl (C=O) groups excluding carboxylic acids is 1. The second kappa shape index (κ2) is 12.2. The topological polar surface area (TPSA) is 97.3 Å². The smallest absolute Gasteiger partial charge is 0.264 e. The van der Waals surface area contributed by atoms with Crippen molar-refractivity contribution in [2.75, 3.05) is 24.6 Å². The number of carbonyl (C=O) groups is 1. The van der Waals surface area contributed by atoms with Crippen LogP contribution in [0, 0.1) is 6.92 Å². The van der Waals surface area contributed by atoms with Gasteiger partial charge < -0.3 is 9.47 Å². The molecule has 8 nitrogen and oxygen atoms in total. The molecule has 0 aromatic heterocycles. The summed E-state index contributed by atoms with van der Waals surface area (Å²) in [4.78, 5) is 12.8. The Morgan fingerprint density at radius 1 is 1.11 bits per heavy atom. The number of nitrogens with one attached hydrogen (secondary N) is 1. The van der Waals surface area contributed by atoms with Crippen LogP contribution in [0.25, 0.3) is 0 Å². The zero-order valence-corrected chi connectivity index (χ0v) is 21.4. The number of hydrogen-bond donors (Lipinski definition) is 1. The van der Waals surface area contributed by atoms with Gasteiger partial charge in [0.2, 0.25) is 0 Å². The van der Waals surface area contributed by atoms with Crippen LogP contribution in [-0.4, -0.2) is 40.8 Å². The molecule has 0 unspecified atom stereocenters. The van der Waals surface area contributed by atoms with E-state index in [4.69, 9.17) is 21.1 Å². The molecule has 0 atom stereocenters. The Balaban J connectivity index is 1.80. The second-order valence-corrected chi connectivity index (χ2v) is 9.83. The first kappa shape index (κ1) is 26.8. The molecule has 0 spiro atoms. The van der Waals surface area contributed by atoms with Gasteiger partial charge in [0.15, 0.2) is 11.5 Å². The number of rotatable bonds is 11. The van der Waals surface area contributed by atoms with Crippen molar-refractivity contribution in [1.82, 2.24) is 5.43 Å². The fourth-order valence-corrected chi connectivity index (χ4v) is 4.76. The van der Waals surface area contributed by atoms with Gasteiger partial charge in [0, 0.05) is 5.02 Å². The Bertz CT molecular complexity index is 1360. The quantitative estimate of drug-likeness (QED) is 0.224. The minimum Gasteiger partial charge on any atom is -0.493 e. The zero-order chi connectivity index (χ0) is 26.1. The molecule has 0 aliphatic carbocycles. The molecule has 0 fully saturated rings. The summed E-state index contributed by atoms with van der Waals surface area (Å²) >= 11 is 6.24. The van der Waals surface area contributed by atoms with Crippen LogP contribution < -0.4 is 19.2 Å². The highest BCUT2D eigenvalue weighted by Crippen LogP contribution is 2.29. The SMILES string of the molecule is C=CCOc1ccc(/C=N/NC(=O)CN(c2ccc(C)c(Cl)c2)S(=O)(=O)c2ccccc2)cc1OC. The predicted molar refractivity (Wildman–Crippen MR) is 142 cm³/mol. The van der Waals surface area contributed by atoms with E-state index in [1.54, 1.807) is 61.5 Å². The van der Waals surface area contributed by atoms with Crippen LogP contribution in [0.3, 0.4) is 0 Å². The number of hydrogen-bond acceptors (Lipinski definition) is 6. The van der Waals surface area contributed by atoms with E-state index in [0.29, 0.717) is 28.7 Å². The van der Waals surface area contributed by atoms with Crippen molar-refractivity contribution in [2.24, 2.45) is 5.10 Å². The van der Waals surface area contributed by atoms with E-state index in [9.17, 15) is 13.2 Å². The molecule has 188 valence electrons. The standard InChI is InChI=1S/C26H26ClN3O5S/c1-4-14-35-24-13-11-20(15-25(24)34-3)17-28-29-26(31)18-30(21-12-10-19(2)23(27)16-21)36(32,33)22-8-6-5-7-9-22/h4-13,15-17H,1,14,18H2,2-3H3,(H,29,31)/b28-17+. The molecule has 0 radical (unpaired) electrons. The number of nitrogens with zero attached hydrogens (tertiary/aromatic N) is 2. The van der Waals surface area contributed by atoms with Gasteiger partial charge in [-0.1, -0.05) is 48.5 Å². The van der Waals surface area contributed by atoms with Crippen LogP contribution in [-0.2, 0) is 14.8 Å². The number of sulfonamides is 1. The lowest BCUT2D eigenvalue weighted by molar-refractivity contribution is -0.119. The van der Waals surface area contributed by atoms with Gasteiger partial charge in [-0.05, 0) is 60.5 Å². The van der Waals surface area contributed by atoms with Crippen LogP contribution in [0.15, 0.2) is 89.4 Å². The summed E-state index contributed by atoms with van der Waals surface area (Å²) in [5.41, 5.74) is 4.05. The summed E-state index contributed by atoms with van der Waals surface area (Å²) in [6.45, 7) is 5.23. The average Bonchev–Trinajstić information content (AvgIpc) is 2.88. The Morgan fingerprint density at radius 3 is 2.53 bits per heavy atom. The lowest BCUT2D eigenvalue weighted by atomic mass is 10.2. The highest BCUT2D eigenvalue weighted by atomic mass is 35.5. The van der Waals surface area contributed by atoms with Crippen LogP contribution >= 0.6 is 11.6 Å². The number of benzene rings is 3. The Labute approximate surface area is 215 Å². The third kappa shape index (κ3) is 6.65. The number of amides is 1. The molecular weight excluding hydrogens is 502 g/mol. The van der Waals surface area contributed by atoms with Gasteiger partial charge in [0.05, 0.1) is 23.9 Å². The highest BCUT2D eigenvalue weighted by molar-refractivity contribution is 7.92. The third-order valence-corrected chi connectivity index (χ3v) is 7.20. The summed E-state index contributed by atoms with van der Waals surface area (Å²) < 4.78 is 38.6. The molecular formula is C26H26ClN3O5S. The maximum atomic E-state index is 13.4. The van der Waals surface area contributed by atoms with E-state index in [-0.39, 0.29) is 10.6 Å². The first-order chi connectivity index (χ1) is 17.3. The number of aryl methyl sites for hydroxylation is 1. The Morgan fingerprint density at radius 2 is 1.86 bits per heavy atom. The molecule has 1 amide bonds. The van der Waals surface area contributed by atoms with E-state index < -0.39 is 22.5 Å². The van der Waals surface area contributed by atoms with Crippen molar-refractivity contribution in [1.29, 1.82) is 0 Å². The first-order valence-electron chi connectivity index (χ1n) is 10.8. The molecule has 0 aliphatic rings. The first-order valence-corrected chi connectivity index (χ1v) is 12.7. The average molecular weight is 528 g/mol. The van der Waals surface area contributed by atoms with Crippen molar-refractivity contribution >= 4 is 39.4 Å². The number of halogens is 1. The number of ether oxygens (including phenoxy) is 2. The predicted octanol–water partition coefficient (Wildman–Crippen LogP) is 4.57. The highest BCUT2D eigenvalue weighted by Gasteiger charge is 2.27. The summed E-state index contributed by atoms with van der Waals surface area (Å²) in [7, 11) is -2.54. The van der Waals surface area contributed by atoms with Gasteiger partial charge in [0.25, 0.3) is 15.9 Å². The van der Waals surface area contributed by atoms with E-state index in [1.165, 1.54) is 31.5 Å². The molecule has 3 aromatic carbocycles. The largest absolute Gasteiger partial charge is 0.493 e. The van der Waals surface area contributed by atoms with Gasteiger partial charge in [-0.15, -0.1) is 0 Å². The van der Waals surface area contributed by atoms with Crippen LogP contribution in [0.2, 0.25) is 5.02 Å². The molecule has 10 heteroatoms. The van der Waals surface area contributed by atoms with Crippen molar-refractivity contribution in [3.8, 4) is 11.5 Å². The van der Waals surface area contributed by atoms with Gasteiger partial charge in [-0.2, -0.15) is 5.10 Å². The van der Waals surface area contributed by atoms with Crippen molar-refractivity contribution in [3.63, 3.8) is 0 Å². The molecule has 0 heterocycles. The minimum atomic E-state index is -4.05. The van der Waals surface area contributed by atoms with Crippen LogP contribution in [0.5, 0.6) is 11.5 Å². The van der Waals surface area contributed by atoms with E-state index in [1.807, 2.05) is 0 Å². The third-order valence-electron chi connectivity index (χ3n) is 5.01. The van der Waals surface area contributed by atoms with Crippen LogP contribution in [0.1, 0.15) is 11.1 Å². The molecule has 3 rings (SSSR count). The van der Waals surface area contributed by atoms with Gasteiger partial charge in [0.1, 0.15) is 13.2 Å². The maximum absolute atomic E-state index is 13.4. The van der Waals surface area contributed by atoms with Gasteiger partial charge >= 0.3 is 0 Å². The Hall–Kier alpha value is -3.82. The zero-order valence-electron chi connectivity index (χ0n) is 19.8. The minimum absolute atomic E-state index is 0.0452. The van der Waals surface area contributed by atoms with Gasteiger partial charge in [-0.25, -0.2) is 13.8 Å². The fraction of sp³-hybridized carbons (Fsp3) is 0.154. The summed E-state index contributed by atoms with van der Waals surface area (Å²) in [6.07, 6.45) is 3.03. The van der Waals surface area contributed by atoms with Crippen molar-refractivity contribution < 1.29 is 22.7 Å². The number of methoxy groups -OCH3 is 1. The molecule has 3 aromatic rings. The van der Waals surface area contributed by atoms with Crippen molar-refractivity contribution in [2.45, 2.75) is 11.8 Å². The summed E-state index contributed by atoms with van der Waals surface area (Å²) in [5.74, 6) is 0.390. The summed E-state index contributed by atoms with van der Waals surface area (Å²) in [6, 6.07) is 17.8. The van der Waals surface area contributed by atoms with E-state index in [2.05, 4.69) is 17.1 Å². The molecule has 1 N–H and O–H groups in total. The van der Waals surface area contributed by atoms with E-state index >= 15 is 0 Å². The lowest BCUT2D eigenvalue weighted by Gasteiger charge is -2.24. The molecule has 0 saturated carbocycles. The monoisotopic (exact) mass is 527 g/mol. The molecule has 0 bridgehead atoms.